The fraction of sp³-hybridized carbons (Fsp3) is 0.167. The van der Waals surface area contributed by atoms with E-state index in [1.165, 1.54) is 0 Å². The van der Waals surface area contributed by atoms with Crippen LogP contribution in [0, 0.1) is 0 Å². The van der Waals surface area contributed by atoms with Crippen molar-refractivity contribution in [3.05, 3.63) is 70.7 Å². The molecule has 0 spiro atoms. The minimum atomic E-state index is -0.461. The minimum absolute atomic E-state index is 0.0106. The molecule has 0 heterocycles. The fourth-order valence-corrected chi connectivity index (χ4v) is 2.83. The normalized spacial score (nSPS) is 11.6. The number of carbonyl (C=O) groups is 1. The van der Waals surface area contributed by atoms with Gasteiger partial charge in [0.25, 0.3) is 0 Å². The van der Waals surface area contributed by atoms with Gasteiger partial charge in [0.2, 0.25) is 0 Å². The van der Waals surface area contributed by atoms with Gasteiger partial charge in [0.15, 0.2) is 17.3 Å². The number of methoxy groups -OCH3 is 2. The van der Waals surface area contributed by atoms with Crippen molar-refractivity contribution < 1.29 is 14.3 Å². The maximum absolute atomic E-state index is 12.7. The smallest absolute Gasteiger partial charge is 0.174 e. The van der Waals surface area contributed by atoms with Gasteiger partial charge >= 0.3 is 0 Å². The zero-order chi connectivity index (χ0) is 16.1. The summed E-state index contributed by atoms with van der Waals surface area (Å²) in [6, 6.07) is 12.8. The number of ether oxygens (including phenoxy) is 2. The number of benzene rings is 2. The highest BCUT2D eigenvalue weighted by Gasteiger charge is 2.23. The SMILES string of the molecule is C=CC(C(=O)c1ccccc1)c1cc(OC)c(OC)cc1Br. The first-order valence-corrected chi connectivity index (χ1v) is 7.55. The molecule has 0 aliphatic rings. The predicted octanol–water partition coefficient (Wildman–Crippen LogP) is 4.62. The van der Waals surface area contributed by atoms with Crippen molar-refractivity contribution in [2.75, 3.05) is 14.2 Å². The molecule has 2 aromatic carbocycles. The van der Waals surface area contributed by atoms with E-state index in [2.05, 4.69) is 22.5 Å². The van der Waals surface area contributed by atoms with Crippen LogP contribution in [0.2, 0.25) is 0 Å². The number of carbonyl (C=O) groups excluding carboxylic acids is 1. The molecule has 0 fully saturated rings. The molecule has 0 bridgehead atoms. The zero-order valence-corrected chi connectivity index (χ0v) is 14.1. The second-order valence-electron chi connectivity index (χ2n) is 4.67. The molecule has 22 heavy (non-hydrogen) atoms. The van der Waals surface area contributed by atoms with Crippen LogP contribution < -0.4 is 9.47 Å². The Labute approximate surface area is 138 Å². The van der Waals surface area contributed by atoms with E-state index >= 15 is 0 Å². The second kappa shape index (κ2) is 7.27. The summed E-state index contributed by atoms with van der Waals surface area (Å²) in [7, 11) is 3.14. The highest BCUT2D eigenvalue weighted by molar-refractivity contribution is 9.10. The molecule has 2 rings (SSSR count). The Balaban J connectivity index is 2.48. The summed E-state index contributed by atoms with van der Waals surface area (Å²) in [6.45, 7) is 3.81. The van der Waals surface area contributed by atoms with Gasteiger partial charge in [-0.05, 0) is 17.7 Å². The lowest BCUT2D eigenvalue weighted by Crippen LogP contribution is -2.11. The van der Waals surface area contributed by atoms with Crippen LogP contribution in [-0.2, 0) is 0 Å². The van der Waals surface area contributed by atoms with E-state index in [0.29, 0.717) is 17.1 Å². The standard InChI is InChI=1S/C18H17BrO3/c1-4-13(18(20)12-8-6-5-7-9-12)14-10-16(21-2)17(22-3)11-15(14)19/h4-11,13H,1H2,2-3H3. The molecule has 0 aliphatic heterocycles. The van der Waals surface area contributed by atoms with E-state index in [4.69, 9.17) is 9.47 Å². The van der Waals surface area contributed by atoms with Gasteiger partial charge in [-0.2, -0.15) is 0 Å². The van der Waals surface area contributed by atoms with E-state index in [0.717, 1.165) is 10.0 Å². The Bertz CT molecular complexity index is 680. The van der Waals surface area contributed by atoms with E-state index in [-0.39, 0.29) is 5.78 Å². The summed E-state index contributed by atoms with van der Waals surface area (Å²) in [6.07, 6.45) is 1.64. The summed E-state index contributed by atoms with van der Waals surface area (Å²) in [4.78, 5) is 12.7. The van der Waals surface area contributed by atoms with Gasteiger partial charge in [-0.25, -0.2) is 0 Å². The van der Waals surface area contributed by atoms with Crippen molar-refractivity contribution in [2.24, 2.45) is 0 Å². The number of Topliss-reactive ketones (excluding diaryl/α,β-unsaturated/α-hetero) is 1. The van der Waals surface area contributed by atoms with Crippen molar-refractivity contribution in [3.8, 4) is 11.5 Å². The molecule has 0 aromatic heterocycles. The van der Waals surface area contributed by atoms with Crippen LogP contribution in [0.25, 0.3) is 0 Å². The molecule has 0 saturated carbocycles. The molecule has 0 radical (unpaired) electrons. The third kappa shape index (κ3) is 3.22. The first-order valence-electron chi connectivity index (χ1n) is 6.75. The number of hydrogen-bond donors (Lipinski definition) is 0. The maximum Gasteiger partial charge on any atom is 0.174 e. The Morgan fingerprint density at radius 3 is 2.27 bits per heavy atom. The third-order valence-electron chi connectivity index (χ3n) is 3.41. The highest BCUT2D eigenvalue weighted by atomic mass is 79.9. The zero-order valence-electron chi connectivity index (χ0n) is 12.5. The molecule has 4 heteroatoms. The van der Waals surface area contributed by atoms with Crippen LogP contribution in [0.4, 0.5) is 0 Å². The molecule has 2 aromatic rings. The number of hydrogen-bond acceptors (Lipinski definition) is 3. The molecule has 0 saturated heterocycles. The molecule has 1 atom stereocenters. The molecule has 1 unspecified atom stereocenters. The molecule has 0 amide bonds. The van der Waals surface area contributed by atoms with Gasteiger partial charge in [-0.1, -0.05) is 52.3 Å². The van der Waals surface area contributed by atoms with Gasteiger partial charge in [-0.3, -0.25) is 4.79 Å². The van der Waals surface area contributed by atoms with E-state index < -0.39 is 5.92 Å². The van der Waals surface area contributed by atoms with Crippen molar-refractivity contribution in [1.29, 1.82) is 0 Å². The Morgan fingerprint density at radius 2 is 1.73 bits per heavy atom. The Hall–Kier alpha value is -2.07. The Morgan fingerprint density at radius 1 is 1.14 bits per heavy atom. The lowest BCUT2D eigenvalue weighted by atomic mass is 9.90. The van der Waals surface area contributed by atoms with Crippen molar-refractivity contribution >= 4 is 21.7 Å². The topological polar surface area (TPSA) is 35.5 Å². The summed E-state index contributed by atoms with van der Waals surface area (Å²) >= 11 is 3.50. The average Bonchev–Trinajstić information content (AvgIpc) is 2.57. The molecular formula is C18H17BrO3. The van der Waals surface area contributed by atoms with Crippen LogP contribution >= 0.6 is 15.9 Å². The number of halogens is 1. The highest BCUT2D eigenvalue weighted by Crippen LogP contribution is 2.38. The first-order chi connectivity index (χ1) is 10.6. The monoisotopic (exact) mass is 360 g/mol. The lowest BCUT2D eigenvalue weighted by Gasteiger charge is -2.17. The van der Waals surface area contributed by atoms with Crippen molar-refractivity contribution in [3.63, 3.8) is 0 Å². The summed E-state index contributed by atoms with van der Waals surface area (Å²) in [5, 5.41) is 0. The molecule has 0 aliphatic carbocycles. The van der Waals surface area contributed by atoms with E-state index in [1.807, 2.05) is 18.2 Å². The van der Waals surface area contributed by atoms with E-state index in [1.54, 1.807) is 44.6 Å². The summed E-state index contributed by atoms with van der Waals surface area (Å²) < 4.78 is 11.4. The number of ketones is 1. The first kappa shape index (κ1) is 16.3. The lowest BCUT2D eigenvalue weighted by molar-refractivity contribution is 0.0976. The van der Waals surface area contributed by atoms with Crippen LogP contribution in [0.1, 0.15) is 21.8 Å². The predicted molar refractivity (Wildman–Crippen MR) is 91.0 cm³/mol. The molecular weight excluding hydrogens is 344 g/mol. The van der Waals surface area contributed by atoms with Gasteiger partial charge < -0.3 is 9.47 Å². The van der Waals surface area contributed by atoms with Gasteiger partial charge in [0.05, 0.1) is 20.1 Å². The van der Waals surface area contributed by atoms with Crippen molar-refractivity contribution in [2.45, 2.75) is 5.92 Å². The van der Waals surface area contributed by atoms with Crippen LogP contribution in [-0.4, -0.2) is 20.0 Å². The van der Waals surface area contributed by atoms with Gasteiger partial charge in [-0.15, -0.1) is 6.58 Å². The van der Waals surface area contributed by atoms with Gasteiger partial charge in [0.1, 0.15) is 0 Å². The largest absolute Gasteiger partial charge is 0.493 e. The van der Waals surface area contributed by atoms with Gasteiger partial charge in [0, 0.05) is 10.0 Å². The van der Waals surface area contributed by atoms with E-state index in [9.17, 15) is 4.79 Å². The summed E-state index contributed by atoms with van der Waals surface area (Å²) in [5.41, 5.74) is 1.44. The van der Waals surface area contributed by atoms with Crippen LogP contribution in [0.3, 0.4) is 0 Å². The fourth-order valence-electron chi connectivity index (χ4n) is 2.27. The van der Waals surface area contributed by atoms with Crippen LogP contribution in [0.5, 0.6) is 11.5 Å². The quantitative estimate of drug-likeness (QED) is 0.556. The molecule has 3 nitrogen and oxygen atoms in total. The number of allylic oxidation sites excluding steroid dienone is 1. The Kier molecular flexibility index (Phi) is 5.39. The minimum Gasteiger partial charge on any atom is -0.493 e. The third-order valence-corrected chi connectivity index (χ3v) is 4.10. The average molecular weight is 361 g/mol. The molecule has 0 N–H and O–H groups in total. The van der Waals surface area contributed by atoms with Crippen molar-refractivity contribution in [1.82, 2.24) is 0 Å². The maximum atomic E-state index is 12.7. The summed E-state index contributed by atoms with van der Waals surface area (Å²) in [5.74, 6) is 0.710. The van der Waals surface area contributed by atoms with Crippen LogP contribution in [0.15, 0.2) is 59.6 Å². The number of rotatable bonds is 6. The second-order valence-corrected chi connectivity index (χ2v) is 5.53. The molecule has 114 valence electrons.